The van der Waals surface area contributed by atoms with Gasteiger partial charge in [0, 0.05) is 5.92 Å². The molecule has 1 rings (SSSR count). The number of ketones is 1. The van der Waals surface area contributed by atoms with Crippen LogP contribution in [0.3, 0.4) is 0 Å². The Labute approximate surface area is 74.4 Å². The summed E-state index contributed by atoms with van der Waals surface area (Å²) in [4.78, 5) is 13.2. The van der Waals surface area contributed by atoms with Crippen LogP contribution in [0.2, 0.25) is 0 Å². The molecular formula is C8H16ClNO. The normalized spacial score (nSPS) is 20.9. The number of hydrogen-bond acceptors (Lipinski definition) is 2. The van der Waals surface area contributed by atoms with Crippen LogP contribution < -0.4 is 0 Å². The average molecular weight is 178 g/mol. The highest BCUT2D eigenvalue weighted by Gasteiger charge is 2.19. The first-order valence-corrected chi connectivity index (χ1v) is 3.89. The van der Waals surface area contributed by atoms with E-state index in [0.29, 0.717) is 11.7 Å². The molecule has 0 bridgehead atoms. The van der Waals surface area contributed by atoms with Gasteiger partial charge in [-0.1, -0.05) is 0 Å². The Kier molecular flexibility index (Phi) is 4.69. The maximum Gasteiger partial charge on any atom is 0.133 e. The maximum absolute atomic E-state index is 10.9. The Balaban J connectivity index is 0.000001000. The summed E-state index contributed by atoms with van der Waals surface area (Å²) in [7, 11) is 2.11. The molecule has 1 fully saturated rings. The molecule has 66 valence electrons. The van der Waals surface area contributed by atoms with Crippen LogP contribution in [-0.4, -0.2) is 30.8 Å². The predicted molar refractivity (Wildman–Crippen MR) is 48.2 cm³/mol. The summed E-state index contributed by atoms with van der Waals surface area (Å²) in [5.74, 6) is 0.726. The lowest BCUT2D eigenvalue weighted by Gasteiger charge is -2.26. The molecular weight excluding hydrogens is 162 g/mol. The lowest BCUT2D eigenvalue weighted by Crippen LogP contribution is -2.32. The second-order valence-electron chi connectivity index (χ2n) is 3.19. The number of hydrogen-bond donors (Lipinski definition) is 0. The fraction of sp³-hybridized carbons (Fsp3) is 0.875. The van der Waals surface area contributed by atoms with Gasteiger partial charge < -0.3 is 4.90 Å². The summed E-state index contributed by atoms with van der Waals surface area (Å²) >= 11 is 0. The summed E-state index contributed by atoms with van der Waals surface area (Å²) in [6.07, 6.45) is 2.12. The Bertz CT molecular complexity index is 130. The van der Waals surface area contributed by atoms with Crippen molar-refractivity contribution in [3.8, 4) is 0 Å². The van der Waals surface area contributed by atoms with Crippen molar-refractivity contribution in [3.05, 3.63) is 0 Å². The molecule has 1 aliphatic heterocycles. The number of carbonyl (C=O) groups excluding carboxylic acids is 1. The van der Waals surface area contributed by atoms with Gasteiger partial charge in [0.25, 0.3) is 0 Å². The van der Waals surface area contributed by atoms with Gasteiger partial charge in [-0.2, -0.15) is 0 Å². The van der Waals surface area contributed by atoms with Crippen molar-refractivity contribution < 1.29 is 4.79 Å². The molecule has 1 saturated heterocycles. The quantitative estimate of drug-likeness (QED) is 0.603. The zero-order chi connectivity index (χ0) is 7.56. The number of rotatable bonds is 1. The minimum atomic E-state index is 0. The van der Waals surface area contributed by atoms with E-state index in [0.717, 1.165) is 25.9 Å². The smallest absolute Gasteiger partial charge is 0.133 e. The van der Waals surface area contributed by atoms with Gasteiger partial charge in [-0.3, -0.25) is 4.79 Å². The maximum atomic E-state index is 10.9. The van der Waals surface area contributed by atoms with E-state index in [-0.39, 0.29) is 12.4 Å². The third-order valence-electron chi connectivity index (χ3n) is 2.29. The SMILES string of the molecule is CC(=O)C1CCN(C)CC1.Cl. The first kappa shape index (κ1) is 10.9. The highest BCUT2D eigenvalue weighted by atomic mass is 35.5. The highest BCUT2D eigenvalue weighted by molar-refractivity contribution is 5.85. The summed E-state index contributed by atoms with van der Waals surface area (Å²) < 4.78 is 0. The second-order valence-corrected chi connectivity index (χ2v) is 3.19. The van der Waals surface area contributed by atoms with E-state index in [2.05, 4.69) is 11.9 Å². The molecule has 0 radical (unpaired) electrons. The number of carbonyl (C=O) groups is 1. The first-order valence-electron chi connectivity index (χ1n) is 3.89. The van der Waals surface area contributed by atoms with E-state index in [1.807, 2.05) is 0 Å². The minimum Gasteiger partial charge on any atom is -0.306 e. The molecule has 0 aromatic rings. The fourth-order valence-corrected chi connectivity index (χ4v) is 1.42. The molecule has 0 aliphatic carbocycles. The number of likely N-dealkylation sites (tertiary alicyclic amines) is 1. The minimum absolute atomic E-state index is 0. The number of Topliss-reactive ketones (excluding diaryl/α,β-unsaturated/α-hetero) is 1. The lowest BCUT2D eigenvalue weighted by atomic mass is 9.94. The molecule has 11 heavy (non-hydrogen) atoms. The van der Waals surface area contributed by atoms with Crippen molar-refractivity contribution in [2.45, 2.75) is 19.8 Å². The molecule has 2 nitrogen and oxygen atoms in total. The van der Waals surface area contributed by atoms with Crippen molar-refractivity contribution in [3.63, 3.8) is 0 Å². The van der Waals surface area contributed by atoms with E-state index in [1.54, 1.807) is 6.92 Å². The van der Waals surface area contributed by atoms with Crippen LogP contribution in [0.5, 0.6) is 0 Å². The Morgan fingerprint density at radius 2 is 1.82 bits per heavy atom. The average Bonchev–Trinajstić information content (AvgIpc) is 1.88. The van der Waals surface area contributed by atoms with Gasteiger partial charge in [0.1, 0.15) is 5.78 Å². The van der Waals surface area contributed by atoms with Crippen molar-refractivity contribution in [2.24, 2.45) is 5.92 Å². The number of nitrogens with zero attached hydrogens (tertiary/aromatic N) is 1. The van der Waals surface area contributed by atoms with Crippen LogP contribution in [0.1, 0.15) is 19.8 Å². The van der Waals surface area contributed by atoms with Gasteiger partial charge in [0.15, 0.2) is 0 Å². The highest BCUT2D eigenvalue weighted by Crippen LogP contribution is 2.15. The molecule has 0 aromatic carbocycles. The summed E-state index contributed by atoms with van der Waals surface area (Å²) in [5, 5.41) is 0. The fourth-order valence-electron chi connectivity index (χ4n) is 1.42. The molecule has 0 saturated carbocycles. The van der Waals surface area contributed by atoms with Gasteiger partial charge in [-0.15, -0.1) is 12.4 Å². The Morgan fingerprint density at radius 1 is 1.36 bits per heavy atom. The molecule has 0 spiro atoms. The summed E-state index contributed by atoms with van der Waals surface area (Å²) in [6.45, 7) is 3.88. The lowest BCUT2D eigenvalue weighted by molar-refractivity contribution is -0.121. The Hall–Kier alpha value is -0.0800. The van der Waals surface area contributed by atoms with Crippen LogP contribution in [0.15, 0.2) is 0 Å². The molecule has 0 N–H and O–H groups in total. The summed E-state index contributed by atoms with van der Waals surface area (Å²) in [6, 6.07) is 0. The van der Waals surface area contributed by atoms with Gasteiger partial charge in [0.05, 0.1) is 0 Å². The topological polar surface area (TPSA) is 20.3 Å². The number of halogens is 1. The molecule has 0 aromatic heterocycles. The number of piperidine rings is 1. The molecule has 1 heterocycles. The predicted octanol–water partition coefficient (Wildman–Crippen LogP) is 1.34. The van der Waals surface area contributed by atoms with Crippen LogP contribution in [-0.2, 0) is 4.79 Å². The van der Waals surface area contributed by atoms with E-state index in [4.69, 9.17) is 0 Å². The summed E-state index contributed by atoms with van der Waals surface area (Å²) in [5.41, 5.74) is 0. The monoisotopic (exact) mass is 177 g/mol. The van der Waals surface area contributed by atoms with Crippen molar-refractivity contribution in [1.29, 1.82) is 0 Å². The van der Waals surface area contributed by atoms with Crippen LogP contribution >= 0.6 is 12.4 Å². The van der Waals surface area contributed by atoms with Gasteiger partial charge in [-0.05, 0) is 39.9 Å². The first-order chi connectivity index (χ1) is 4.70. The van der Waals surface area contributed by atoms with Crippen LogP contribution in [0.25, 0.3) is 0 Å². The van der Waals surface area contributed by atoms with E-state index >= 15 is 0 Å². The molecule has 1 aliphatic rings. The third kappa shape index (κ3) is 3.21. The molecule has 3 heteroatoms. The van der Waals surface area contributed by atoms with Crippen LogP contribution in [0, 0.1) is 5.92 Å². The zero-order valence-corrected chi connectivity index (χ0v) is 7.99. The Morgan fingerprint density at radius 3 is 2.18 bits per heavy atom. The van der Waals surface area contributed by atoms with Gasteiger partial charge >= 0.3 is 0 Å². The van der Waals surface area contributed by atoms with Gasteiger partial charge in [-0.25, -0.2) is 0 Å². The van der Waals surface area contributed by atoms with E-state index in [1.165, 1.54) is 0 Å². The van der Waals surface area contributed by atoms with Crippen molar-refractivity contribution >= 4 is 18.2 Å². The molecule has 0 unspecified atom stereocenters. The zero-order valence-electron chi connectivity index (χ0n) is 7.17. The standard InChI is InChI=1S/C8H15NO.ClH/c1-7(10)8-3-5-9(2)6-4-8;/h8H,3-6H2,1-2H3;1H. The molecule has 0 atom stereocenters. The molecule has 0 amide bonds. The van der Waals surface area contributed by atoms with E-state index in [9.17, 15) is 4.79 Å². The largest absolute Gasteiger partial charge is 0.306 e. The third-order valence-corrected chi connectivity index (χ3v) is 2.29. The van der Waals surface area contributed by atoms with Gasteiger partial charge in [0.2, 0.25) is 0 Å². The van der Waals surface area contributed by atoms with Crippen molar-refractivity contribution in [2.75, 3.05) is 20.1 Å². The van der Waals surface area contributed by atoms with Crippen molar-refractivity contribution in [1.82, 2.24) is 4.90 Å². The van der Waals surface area contributed by atoms with Crippen LogP contribution in [0.4, 0.5) is 0 Å². The van der Waals surface area contributed by atoms with E-state index < -0.39 is 0 Å². The second kappa shape index (κ2) is 4.73.